The van der Waals surface area contributed by atoms with Crippen molar-refractivity contribution in [3.63, 3.8) is 0 Å². The van der Waals surface area contributed by atoms with Gasteiger partial charge in [0.1, 0.15) is 0 Å². The van der Waals surface area contributed by atoms with E-state index < -0.39 is 5.82 Å². The highest BCUT2D eigenvalue weighted by Crippen LogP contribution is 2.14. The van der Waals surface area contributed by atoms with Gasteiger partial charge >= 0.3 is 0 Å². The fourth-order valence-corrected chi connectivity index (χ4v) is 1.83. The summed E-state index contributed by atoms with van der Waals surface area (Å²) in [5, 5.41) is 12.1. The van der Waals surface area contributed by atoms with Crippen molar-refractivity contribution in [3.8, 4) is 0 Å². The number of benzene rings is 1. The van der Waals surface area contributed by atoms with Crippen LogP contribution >= 0.6 is 11.6 Å². The van der Waals surface area contributed by atoms with Crippen molar-refractivity contribution < 1.29 is 9.50 Å². The molecule has 0 aliphatic heterocycles. The number of rotatable bonds is 5. The second kappa shape index (κ2) is 6.45. The Labute approximate surface area is 115 Å². The number of aromatic nitrogens is 2. The largest absolute Gasteiger partial charge is 0.394 e. The molecule has 0 amide bonds. The molecule has 2 rings (SSSR count). The summed E-state index contributed by atoms with van der Waals surface area (Å²) < 4.78 is 13.5. The number of aliphatic hydroxyl groups is 1. The van der Waals surface area contributed by atoms with Crippen molar-refractivity contribution in [1.82, 2.24) is 9.97 Å². The van der Waals surface area contributed by atoms with E-state index in [1.807, 2.05) is 30.3 Å². The van der Waals surface area contributed by atoms with E-state index in [1.54, 1.807) is 0 Å². The number of hydrogen-bond donors (Lipinski definition) is 2. The molecule has 1 unspecified atom stereocenters. The van der Waals surface area contributed by atoms with Gasteiger partial charge in [0.25, 0.3) is 0 Å². The van der Waals surface area contributed by atoms with Gasteiger partial charge in [-0.1, -0.05) is 30.3 Å². The topological polar surface area (TPSA) is 58.0 Å². The SMILES string of the molecule is OCC(Cc1ccccc1)Nc1nc(Cl)ncc1F. The Morgan fingerprint density at radius 3 is 2.74 bits per heavy atom. The van der Waals surface area contributed by atoms with Gasteiger partial charge in [0, 0.05) is 0 Å². The highest BCUT2D eigenvalue weighted by Gasteiger charge is 2.13. The third-order valence-corrected chi connectivity index (χ3v) is 2.78. The molecule has 2 aromatic rings. The first-order chi connectivity index (χ1) is 9.19. The molecule has 0 aliphatic carbocycles. The summed E-state index contributed by atoms with van der Waals surface area (Å²) in [5.41, 5.74) is 1.04. The molecule has 4 nitrogen and oxygen atoms in total. The maximum absolute atomic E-state index is 13.5. The molecule has 1 aromatic carbocycles. The van der Waals surface area contributed by atoms with E-state index in [0.29, 0.717) is 6.42 Å². The molecule has 100 valence electrons. The fraction of sp³-hybridized carbons (Fsp3) is 0.231. The minimum Gasteiger partial charge on any atom is -0.394 e. The van der Waals surface area contributed by atoms with Gasteiger partial charge in [-0.05, 0) is 23.6 Å². The predicted octanol–water partition coefficient (Wildman–Crippen LogP) is 2.28. The van der Waals surface area contributed by atoms with E-state index in [1.165, 1.54) is 0 Å². The lowest BCUT2D eigenvalue weighted by Gasteiger charge is -2.17. The predicted molar refractivity (Wildman–Crippen MR) is 71.6 cm³/mol. The Hall–Kier alpha value is -1.72. The second-order valence-corrected chi connectivity index (χ2v) is 4.39. The Kier molecular flexibility index (Phi) is 4.65. The minimum atomic E-state index is -0.601. The molecular formula is C13H13ClFN3O. The van der Waals surface area contributed by atoms with Crippen LogP contribution in [0.5, 0.6) is 0 Å². The summed E-state index contributed by atoms with van der Waals surface area (Å²) in [7, 11) is 0. The van der Waals surface area contributed by atoms with E-state index >= 15 is 0 Å². The molecule has 2 N–H and O–H groups in total. The van der Waals surface area contributed by atoms with Gasteiger partial charge in [0.15, 0.2) is 11.6 Å². The van der Waals surface area contributed by atoms with E-state index in [2.05, 4.69) is 15.3 Å². The zero-order chi connectivity index (χ0) is 13.7. The van der Waals surface area contributed by atoms with Gasteiger partial charge in [0.2, 0.25) is 5.28 Å². The second-order valence-electron chi connectivity index (χ2n) is 4.05. The lowest BCUT2D eigenvalue weighted by atomic mass is 10.1. The molecule has 0 aliphatic rings. The summed E-state index contributed by atoms with van der Waals surface area (Å²) in [5.74, 6) is -0.606. The lowest BCUT2D eigenvalue weighted by molar-refractivity contribution is 0.273. The van der Waals surface area contributed by atoms with Crippen molar-refractivity contribution in [1.29, 1.82) is 0 Å². The highest BCUT2D eigenvalue weighted by molar-refractivity contribution is 6.28. The Balaban J connectivity index is 2.09. The number of nitrogens with one attached hydrogen (secondary N) is 1. The molecule has 0 spiro atoms. The normalized spacial score (nSPS) is 12.2. The third kappa shape index (κ3) is 3.87. The van der Waals surface area contributed by atoms with E-state index in [-0.39, 0.29) is 23.8 Å². The van der Waals surface area contributed by atoms with Crippen LogP contribution in [0, 0.1) is 5.82 Å². The zero-order valence-corrected chi connectivity index (χ0v) is 10.8. The first-order valence-corrected chi connectivity index (χ1v) is 6.16. The maximum Gasteiger partial charge on any atom is 0.224 e. The Morgan fingerprint density at radius 1 is 1.32 bits per heavy atom. The molecule has 1 heterocycles. The average Bonchev–Trinajstić information content (AvgIpc) is 2.43. The van der Waals surface area contributed by atoms with Crippen molar-refractivity contribution in [2.75, 3.05) is 11.9 Å². The van der Waals surface area contributed by atoms with Crippen LogP contribution in [0.25, 0.3) is 0 Å². The molecule has 0 radical (unpaired) electrons. The maximum atomic E-state index is 13.5. The molecule has 0 bridgehead atoms. The van der Waals surface area contributed by atoms with Gasteiger partial charge in [-0.25, -0.2) is 9.37 Å². The van der Waals surface area contributed by atoms with Crippen LogP contribution in [0.4, 0.5) is 10.2 Å². The Morgan fingerprint density at radius 2 is 2.05 bits per heavy atom. The highest BCUT2D eigenvalue weighted by atomic mass is 35.5. The number of nitrogens with zero attached hydrogens (tertiary/aromatic N) is 2. The van der Waals surface area contributed by atoms with Crippen LogP contribution in [0.15, 0.2) is 36.5 Å². The first kappa shape index (κ1) is 13.7. The smallest absolute Gasteiger partial charge is 0.224 e. The minimum absolute atomic E-state index is 0.00465. The van der Waals surface area contributed by atoms with E-state index in [9.17, 15) is 9.50 Å². The van der Waals surface area contributed by atoms with Crippen LogP contribution in [0.3, 0.4) is 0 Å². The van der Waals surface area contributed by atoms with Gasteiger partial charge in [-0.3, -0.25) is 0 Å². The molecule has 1 aromatic heterocycles. The summed E-state index contributed by atoms with van der Waals surface area (Å²) in [4.78, 5) is 7.29. The van der Waals surface area contributed by atoms with Crippen molar-refractivity contribution in [2.24, 2.45) is 0 Å². The third-order valence-electron chi connectivity index (χ3n) is 2.60. The van der Waals surface area contributed by atoms with Gasteiger partial charge in [-0.2, -0.15) is 4.98 Å². The van der Waals surface area contributed by atoms with Crippen LogP contribution in [-0.2, 0) is 6.42 Å². The van der Waals surface area contributed by atoms with Crippen molar-refractivity contribution in [3.05, 3.63) is 53.2 Å². The summed E-state index contributed by atoms with van der Waals surface area (Å²) >= 11 is 5.61. The van der Waals surface area contributed by atoms with Crippen LogP contribution in [0.2, 0.25) is 5.28 Å². The molecular weight excluding hydrogens is 269 g/mol. The van der Waals surface area contributed by atoms with Crippen LogP contribution in [0.1, 0.15) is 5.56 Å². The molecule has 1 atom stereocenters. The lowest BCUT2D eigenvalue weighted by Crippen LogP contribution is -2.27. The summed E-state index contributed by atoms with van der Waals surface area (Å²) in [6, 6.07) is 9.26. The number of hydrogen-bond acceptors (Lipinski definition) is 4. The van der Waals surface area contributed by atoms with Crippen LogP contribution < -0.4 is 5.32 Å². The molecule has 19 heavy (non-hydrogen) atoms. The van der Waals surface area contributed by atoms with Crippen LogP contribution in [-0.4, -0.2) is 27.7 Å². The monoisotopic (exact) mass is 281 g/mol. The standard InChI is InChI=1S/C13H13ClFN3O/c14-13-16-7-11(15)12(18-13)17-10(8-19)6-9-4-2-1-3-5-9/h1-5,7,10,19H,6,8H2,(H,16,17,18). The fourth-order valence-electron chi connectivity index (χ4n) is 1.70. The zero-order valence-electron chi connectivity index (χ0n) is 10.1. The number of anilines is 1. The Bertz CT molecular complexity index is 539. The number of halogens is 2. The van der Waals surface area contributed by atoms with Crippen molar-refractivity contribution >= 4 is 17.4 Å². The molecule has 0 fully saturated rings. The molecule has 0 saturated heterocycles. The first-order valence-electron chi connectivity index (χ1n) is 5.78. The molecule has 0 saturated carbocycles. The number of aliphatic hydroxyl groups excluding tert-OH is 1. The quantitative estimate of drug-likeness (QED) is 0.826. The van der Waals surface area contributed by atoms with Gasteiger partial charge < -0.3 is 10.4 Å². The van der Waals surface area contributed by atoms with Gasteiger partial charge in [0.05, 0.1) is 18.8 Å². The van der Waals surface area contributed by atoms with E-state index in [4.69, 9.17) is 11.6 Å². The summed E-state index contributed by atoms with van der Waals surface area (Å²) in [6.07, 6.45) is 1.55. The van der Waals surface area contributed by atoms with Crippen molar-refractivity contribution in [2.45, 2.75) is 12.5 Å². The molecule has 6 heteroatoms. The summed E-state index contributed by atoms with van der Waals surface area (Å²) in [6.45, 7) is -0.143. The van der Waals surface area contributed by atoms with E-state index in [0.717, 1.165) is 11.8 Å². The average molecular weight is 282 g/mol. The van der Waals surface area contributed by atoms with Gasteiger partial charge in [-0.15, -0.1) is 0 Å².